The largest absolute Gasteiger partial charge is 0.497 e. The van der Waals surface area contributed by atoms with Gasteiger partial charge in [-0.05, 0) is 37.1 Å². The summed E-state index contributed by atoms with van der Waals surface area (Å²) >= 11 is 0. The van der Waals surface area contributed by atoms with Crippen LogP contribution in [0.25, 0.3) is 0 Å². The number of benzene rings is 2. The van der Waals surface area contributed by atoms with Crippen LogP contribution in [0.15, 0.2) is 36.4 Å². The van der Waals surface area contributed by atoms with Crippen LogP contribution in [-0.4, -0.2) is 25.7 Å². The Morgan fingerprint density at radius 3 is 2.69 bits per heavy atom. The lowest BCUT2D eigenvalue weighted by molar-refractivity contribution is -0.384. The molecule has 0 N–H and O–H groups in total. The fourth-order valence-corrected chi connectivity index (χ4v) is 3.46. The fourth-order valence-electron chi connectivity index (χ4n) is 3.46. The minimum absolute atomic E-state index is 0.00797. The summed E-state index contributed by atoms with van der Waals surface area (Å²) in [4.78, 5) is 12.6. The second kappa shape index (κ2) is 7.31. The summed E-state index contributed by atoms with van der Waals surface area (Å²) in [6.45, 7) is 0.761. The van der Waals surface area contributed by atoms with Crippen molar-refractivity contribution in [1.29, 1.82) is 5.26 Å². The van der Waals surface area contributed by atoms with Gasteiger partial charge in [0.25, 0.3) is 5.69 Å². The van der Waals surface area contributed by atoms with E-state index in [0.717, 1.165) is 36.4 Å². The van der Waals surface area contributed by atoms with E-state index in [1.54, 1.807) is 20.3 Å². The van der Waals surface area contributed by atoms with Gasteiger partial charge in [0.05, 0.1) is 36.4 Å². The maximum absolute atomic E-state index is 11.0. The van der Waals surface area contributed by atoms with Gasteiger partial charge in [-0.25, -0.2) is 0 Å². The Kier molecular flexibility index (Phi) is 4.94. The molecule has 1 heterocycles. The third-order valence-corrected chi connectivity index (χ3v) is 4.67. The first-order valence-electron chi connectivity index (χ1n) is 8.26. The molecule has 0 aliphatic carbocycles. The maximum atomic E-state index is 11.0. The monoisotopic (exact) mass is 353 g/mol. The van der Waals surface area contributed by atoms with E-state index in [1.165, 1.54) is 12.1 Å². The van der Waals surface area contributed by atoms with Crippen LogP contribution >= 0.6 is 0 Å². The van der Waals surface area contributed by atoms with Crippen molar-refractivity contribution in [3.8, 4) is 17.6 Å². The summed E-state index contributed by atoms with van der Waals surface area (Å²) in [5, 5.41) is 20.5. The van der Waals surface area contributed by atoms with Crippen molar-refractivity contribution in [2.24, 2.45) is 0 Å². The molecular weight excluding hydrogens is 334 g/mol. The lowest BCUT2D eigenvalue weighted by Gasteiger charge is -2.29. The standard InChI is InChI=1S/C19H19N3O4/c1-25-15-6-8-19(26-2)16(11-15)18-4-3-9-21(18)17-7-5-14(22(23)24)10-13(17)12-20/h5-8,10-11,18H,3-4,9H2,1-2H3/t18-/m0/s1. The molecule has 1 saturated heterocycles. The molecule has 0 unspecified atom stereocenters. The second-order valence-corrected chi connectivity index (χ2v) is 6.03. The Hall–Kier alpha value is -3.27. The van der Waals surface area contributed by atoms with Crippen molar-refractivity contribution >= 4 is 11.4 Å². The number of hydrogen-bond donors (Lipinski definition) is 0. The highest BCUT2D eigenvalue weighted by Gasteiger charge is 2.31. The number of anilines is 1. The lowest BCUT2D eigenvalue weighted by Crippen LogP contribution is -2.24. The number of methoxy groups -OCH3 is 2. The van der Waals surface area contributed by atoms with Gasteiger partial charge in [-0.15, -0.1) is 0 Å². The van der Waals surface area contributed by atoms with Gasteiger partial charge in [-0.2, -0.15) is 5.26 Å². The summed E-state index contributed by atoms with van der Waals surface area (Å²) in [7, 11) is 3.24. The van der Waals surface area contributed by atoms with Gasteiger partial charge in [-0.1, -0.05) is 0 Å². The van der Waals surface area contributed by atoms with Gasteiger partial charge in [0.1, 0.15) is 17.6 Å². The third kappa shape index (κ3) is 3.14. The van der Waals surface area contributed by atoms with Crippen LogP contribution in [0.5, 0.6) is 11.5 Å². The van der Waals surface area contributed by atoms with E-state index in [0.29, 0.717) is 11.3 Å². The van der Waals surface area contributed by atoms with E-state index in [-0.39, 0.29) is 11.7 Å². The first kappa shape index (κ1) is 17.5. The molecular formula is C19H19N3O4. The van der Waals surface area contributed by atoms with E-state index in [1.807, 2.05) is 18.2 Å². The molecule has 0 spiro atoms. The minimum atomic E-state index is -0.489. The van der Waals surface area contributed by atoms with Gasteiger partial charge in [0.15, 0.2) is 0 Å². The van der Waals surface area contributed by atoms with Gasteiger partial charge < -0.3 is 14.4 Å². The third-order valence-electron chi connectivity index (χ3n) is 4.67. The van der Waals surface area contributed by atoms with E-state index < -0.39 is 4.92 Å². The summed E-state index contributed by atoms with van der Waals surface area (Å²) in [5.74, 6) is 1.49. The van der Waals surface area contributed by atoms with Crippen molar-refractivity contribution < 1.29 is 14.4 Å². The molecule has 7 heteroatoms. The number of non-ortho nitro benzene ring substituents is 1. The average Bonchev–Trinajstić information content (AvgIpc) is 3.16. The molecule has 2 aromatic carbocycles. The predicted molar refractivity (Wildman–Crippen MR) is 96.7 cm³/mol. The van der Waals surface area contributed by atoms with Crippen molar-refractivity contribution in [2.45, 2.75) is 18.9 Å². The van der Waals surface area contributed by atoms with E-state index in [9.17, 15) is 15.4 Å². The molecule has 1 aliphatic rings. The zero-order valence-corrected chi connectivity index (χ0v) is 14.6. The Labute approximate surface area is 151 Å². The van der Waals surface area contributed by atoms with E-state index in [4.69, 9.17) is 9.47 Å². The zero-order valence-electron chi connectivity index (χ0n) is 14.6. The molecule has 26 heavy (non-hydrogen) atoms. The van der Waals surface area contributed by atoms with Crippen LogP contribution in [0.2, 0.25) is 0 Å². The maximum Gasteiger partial charge on any atom is 0.270 e. The first-order chi connectivity index (χ1) is 12.6. The number of nitriles is 1. The van der Waals surface area contributed by atoms with Gasteiger partial charge in [0, 0.05) is 24.2 Å². The first-order valence-corrected chi connectivity index (χ1v) is 8.26. The molecule has 0 radical (unpaired) electrons. The zero-order chi connectivity index (χ0) is 18.7. The number of hydrogen-bond acceptors (Lipinski definition) is 6. The normalized spacial score (nSPS) is 16.2. The highest BCUT2D eigenvalue weighted by atomic mass is 16.6. The Morgan fingerprint density at radius 1 is 1.23 bits per heavy atom. The van der Waals surface area contributed by atoms with E-state index in [2.05, 4.69) is 11.0 Å². The summed E-state index contributed by atoms with van der Waals surface area (Å²) in [5.41, 5.74) is 1.89. The molecule has 0 bridgehead atoms. The van der Waals surface area contributed by atoms with Crippen LogP contribution in [0.1, 0.15) is 30.0 Å². The van der Waals surface area contributed by atoms with Crippen LogP contribution < -0.4 is 14.4 Å². The number of ether oxygens (including phenoxy) is 2. The molecule has 2 aromatic rings. The van der Waals surface area contributed by atoms with Gasteiger partial charge >= 0.3 is 0 Å². The van der Waals surface area contributed by atoms with Crippen molar-refractivity contribution in [3.63, 3.8) is 0 Å². The fraction of sp³-hybridized carbons (Fsp3) is 0.316. The molecule has 0 aromatic heterocycles. The molecule has 7 nitrogen and oxygen atoms in total. The molecule has 0 saturated carbocycles. The molecule has 0 amide bonds. The summed E-state index contributed by atoms with van der Waals surface area (Å²) in [6, 6.07) is 12.2. The van der Waals surface area contributed by atoms with Crippen molar-refractivity contribution in [2.75, 3.05) is 25.7 Å². The van der Waals surface area contributed by atoms with Crippen molar-refractivity contribution in [1.82, 2.24) is 0 Å². The summed E-state index contributed by atoms with van der Waals surface area (Å²) < 4.78 is 10.9. The van der Waals surface area contributed by atoms with E-state index >= 15 is 0 Å². The molecule has 134 valence electrons. The Bertz CT molecular complexity index is 876. The molecule has 1 fully saturated rings. The SMILES string of the molecule is COc1ccc(OC)c([C@@H]2CCCN2c2ccc([N+](=O)[O-])cc2C#N)c1. The number of nitro benzene ring substituents is 1. The molecule has 1 aliphatic heterocycles. The van der Waals surface area contributed by atoms with Crippen LogP contribution in [0.3, 0.4) is 0 Å². The molecule has 3 rings (SSSR count). The quantitative estimate of drug-likeness (QED) is 0.599. The lowest BCUT2D eigenvalue weighted by atomic mass is 10.0. The Morgan fingerprint density at radius 2 is 2.04 bits per heavy atom. The van der Waals surface area contributed by atoms with Crippen LogP contribution in [0, 0.1) is 21.4 Å². The Balaban J connectivity index is 2.05. The highest BCUT2D eigenvalue weighted by Crippen LogP contribution is 2.42. The van der Waals surface area contributed by atoms with Crippen LogP contribution in [0.4, 0.5) is 11.4 Å². The number of nitrogens with zero attached hydrogens (tertiary/aromatic N) is 3. The highest BCUT2D eigenvalue weighted by molar-refractivity contribution is 5.65. The smallest absolute Gasteiger partial charge is 0.270 e. The number of nitro groups is 1. The van der Waals surface area contributed by atoms with Gasteiger partial charge in [-0.3, -0.25) is 10.1 Å². The second-order valence-electron chi connectivity index (χ2n) is 6.03. The minimum Gasteiger partial charge on any atom is -0.497 e. The van der Waals surface area contributed by atoms with Gasteiger partial charge in [0.2, 0.25) is 0 Å². The molecule has 1 atom stereocenters. The summed E-state index contributed by atoms with van der Waals surface area (Å²) in [6.07, 6.45) is 1.85. The topological polar surface area (TPSA) is 88.6 Å². The van der Waals surface area contributed by atoms with Crippen molar-refractivity contribution in [3.05, 3.63) is 57.6 Å². The number of rotatable bonds is 5. The average molecular weight is 353 g/mol. The van der Waals surface area contributed by atoms with Crippen LogP contribution in [-0.2, 0) is 0 Å². The predicted octanol–water partition coefficient (Wildman–Crippen LogP) is 3.83.